The Hall–Kier alpha value is -1.46. The van der Waals surface area contributed by atoms with Crippen LogP contribution in [0, 0.1) is 12.7 Å². The quantitative estimate of drug-likeness (QED) is 0.827. The third-order valence-electron chi connectivity index (χ3n) is 2.92. The summed E-state index contributed by atoms with van der Waals surface area (Å²) in [5.41, 5.74) is 0.989. The highest BCUT2D eigenvalue weighted by atomic mass is 19.1. The molecule has 0 bridgehead atoms. The molecule has 0 aromatic heterocycles. The summed E-state index contributed by atoms with van der Waals surface area (Å²) in [4.78, 5) is 13.7. The molecule has 19 heavy (non-hydrogen) atoms. The van der Waals surface area contributed by atoms with Crippen molar-refractivity contribution in [2.45, 2.75) is 26.8 Å². The fourth-order valence-corrected chi connectivity index (χ4v) is 1.70. The number of carbonyl (C=O) groups is 1. The predicted molar refractivity (Wildman–Crippen MR) is 73.6 cm³/mol. The van der Waals surface area contributed by atoms with Gasteiger partial charge in [0.1, 0.15) is 5.82 Å². The van der Waals surface area contributed by atoms with Gasteiger partial charge in [-0.25, -0.2) is 4.39 Å². The number of aliphatic hydroxyl groups is 1. The molecule has 0 fully saturated rings. The summed E-state index contributed by atoms with van der Waals surface area (Å²) in [5.74, 6) is -0.556. The summed E-state index contributed by atoms with van der Waals surface area (Å²) >= 11 is 0. The van der Waals surface area contributed by atoms with Crippen LogP contribution >= 0.6 is 0 Å². The first kappa shape index (κ1) is 15.6. The first-order valence-electron chi connectivity index (χ1n) is 6.35. The van der Waals surface area contributed by atoms with Gasteiger partial charge in [-0.1, -0.05) is 6.07 Å². The minimum Gasteiger partial charge on any atom is -0.395 e. The zero-order valence-electron chi connectivity index (χ0n) is 11.6. The third-order valence-corrected chi connectivity index (χ3v) is 2.92. The van der Waals surface area contributed by atoms with Crippen molar-refractivity contribution < 1.29 is 14.3 Å². The number of aryl methyl sites for hydroxylation is 1. The Morgan fingerprint density at radius 3 is 2.68 bits per heavy atom. The van der Waals surface area contributed by atoms with Crippen LogP contribution in [0.5, 0.6) is 0 Å². The lowest BCUT2D eigenvalue weighted by Crippen LogP contribution is -2.39. The van der Waals surface area contributed by atoms with E-state index in [9.17, 15) is 9.18 Å². The van der Waals surface area contributed by atoms with Gasteiger partial charge in [0.15, 0.2) is 0 Å². The summed E-state index contributed by atoms with van der Waals surface area (Å²) in [6.07, 6.45) is 0. The van der Waals surface area contributed by atoms with Gasteiger partial charge in [-0.3, -0.25) is 9.69 Å². The van der Waals surface area contributed by atoms with Gasteiger partial charge in [0, 0.05) is 18.3 Å². The van der Waals surface area contributed by atoms with Crippen LogP contribution in [0.2, 0.25) is 0 Å². The van der Waals surface area contributed by atoms with E-state index in [-0.39, 0.29) is 30.9 Å². The molecule has 0 radical (unpaired) electrons. The van der Waals surface area contributed by atoms with Gasteiger partial charge in [0.25, 0.3) is 0 Å². The summed E-state index contributed by atoms with van der Waals surface area (Å²) in [5, 5.41) is 11.6. The Bertz CT molecular complexity index is 435. The maximum atomic E-state index is 13.3. The van der Waals surface area contributed by atoms with Crippen LogP contribution in [-0.4, -0.2) is 41.7 Å². The molecule has 0 aliphatic rings. The van der Waals surface area contributed by atoms with Crippen LogP contribution in [0.1, 0.15) is 19.4 Å². The summed E-state index contributed by atoms with van der Waals surface area (Å²) in [6, 6.07) is 4.76. The monoisotopic (exact) mass is 268 g/mol. The van der Waals surface area contributed by atoms with Crippen LogP contribution in [0.4, 0.5) is 10.1 Å². The van der Waals surface area contributed by atoms with Crippen molar-refractivity contribution >= 4 is 11.6 Å². The molecule has 0 aliphatic heterocycles. The lowest BCUT2D eigenvalue weighted by Gasteiger charge is -2.24. The molecule has 106 valence electrons. The third kappa shape index (κ3) is 4.96. The fraction of sp³-hybridized carbons (Fsp3) is 0.500. The van der Waals surface area contributed by atoms with Gasteiger partial charge < -0.3 is 10.4 Å². The van der Waals surface area contributed by atoms with Gasteiger partial charge in [0.2, 0.25) is 5.91 Å². The molecule has 5 heteroatoms. The lowest BCUT2D eigenvalue weighted by atomic mass is 10.2. The SMILES string of the molecule is Cc1ccc(NC(=O)CN(CCO)C(C)C)cc1F. The fourth-order valence-electron chi connectivity index (χ4n) is 1.70. The Labute approximate surface area is 113 Å². The number of aliphatic hydroxyl groups excluding tert-OH is 1. The van der Waals surface area contributed by atoms with Gasteiger partial charge in [-0.15, -0.1) is 0 Å². The number of hydrogen-bond donors (Lipinski definition) is 2. The number of hydrogen-bond acceptors (Lipinski definition) is 3. The second-order valence-corrected chi connectivity index (χ2v) is 4.80. The van der Waals surface area contributed by atoms with Gasteiger partial charge in [0.05, 0.1) is 13.2 Å². The molecule has 1 rings (SSSR count). The van der Waals surface area contributed by atoms with E-state index in [1.54, 1.807) is 19.1 Å². The van der Waals surface area contributed by atoms with Gasteiger partial charge >= 0.3 is 0 Å². The number of benzene rings is 1. The maximum Gasteiger partial charge on any atom is 0.238 e. The maximum absolute atomic E-state index is 13.3. The number of amides is 1. The number of carbonyl (C=O) groups excluding carboxylic acids is 1. The highest BCUT2D eigenvalue weighted by molar-refractivity contribution is 5.92. The topological polar surface area (TPSA) is 52.6 Å². The molecule has 4 nitrogen and oxygen atoms in total. The number of rotatable bonds is 6. The molecule has 0 atom stereocenters. The molecular weight excluding hydrogens is 247 g/mol. The van der Waals surface area contributed by atoms with Crippen molar-refractivity contribution in [2.24, 2.45) is 0 Å². The summed E-state index contributed by atoms with van der Waals surface area (Å²) in [6.45, 7) is 6.19. The Morgan fingerprint density at radius 1 is 1.47 bits per heavy atom. The Balaban J connectivity index is 2.61. The van der Waals surface area contributed by atoms with E-state index in [0.29, 0.717) is 17.8 Å². The number of nitrogens with one attached hydrogen (secondary N) is 1. The molecule has 1 aromatic rings. The van der Waals surface area contributed by atoms with E-state index >= 15 is 0 Å². The average molecular weight is 268 g/mol. The van der Waals surface area contributed by atoms with Gasteiger partial charge in [-0.05, 0) is 38.5 Å². The standard InChI is InChI=1S/C14H21FN2O2/c1-10(2)17(6-7-18)9-14(19)16-12-5-4-11(3)13(15)8-12/h4-5,8,10,18H,6-7,9H2,1-3H3,(H,16,19). The Kier molecular flexibility index (Phi) is 5.92. The van der Waals surface area contributed by atoms with E-state index in [1.165, 1.54) is 6.07 Å². The van der Waals surface area contributed by atoms with E-state index < -0.39 is 0 Å². The first-order valence-corrected chi connectivity index (χ1v) is 6.35. The average Bonchev–Trinajstić information content (AvgIpc) is 2.33. The van der Waals surface area contributed by atoms with Crippen LogP contribution in [0.15, 0.2) is 18.2 Å². The van der Waals surface area contributed by atoms with E-state index in [4.69, 9.17) is 5.11 Å². The highest BCUT2D eigenvalue weighted by Crippen LogP contribution is 2.13. The molecule has 0 heterocycles. The number of halogens is 1. The zero-order chi connectivity index (χ0) is 14.4. The van der Waals surface area contributed by atoms with E-state index in [0.717, 1.165) is 0 Å². The molecule has 1 aromatic carbocycles. The second-order valence-electron chi connectivity index (χ2n) is 4.80. The molecule has 0 aliphatic carbocycles. The van der Waals surface area contributed by atoms with E-state index in [2.05, 4.69) is 5.32 Å². The van der Waals surface area contributed by atoms with Gasteiger partial charge in [-0.2, -0.15) is 0 Å². The Morgan fingerprint density at radius 2 is 2.16 bits per heavy atom. The minimum absolute atomic E-state index is 0.00458. The predicted octanol–water partition coefficient (Wildman–Crippen LogP) is 1.78. The van der Waals surface area contributed by atoms with Crippen LogP contribution < -0.4 is 5.32 Å². The number of anilines is 1. The summed E-state index contributed by atoms with van der Waals surface area (Å²) in [7, 11) is 0. The van der Waals surface area contributed by atoms with Crippen LogP contribution in [-0.2, 0) is 4.79 Å². The molecule has 2 N–H and O–H groups in total. The van der Waals surface area contributed by atoms with Crippen molar-refractivity contribution in [2.75, 3.05) is 25.0 Å². The molecule has 1 amide bonds. The first-order chi connectivity index (χ1) is 8.93. The van der Waals surface area contributed by atoms with Crippen molar-refractivity contribution in [3.05, 3.63) is 29.6 Å². The highest BCUT2D eigenvalue weighted by Gasteiger charge is 2.13. The molecule has 0 unspecified atom stereocenters. The van der Waals surface area contributed by atoms with Crippen molar-refractivity contribution in [3.8, 4) is 0 Å². The second kappa shape index (κ2) is 7.21. The zero-order valence-corrected chi connectivity index (χ0v) is 11.6. The summed E-state index contributed by atoms with van der Waals surface area (Å²) < 4.78 is 13.3. The number of nitrogens with zero attached hydrogens (tertiary/aromatic N) is 1. The normalized spacial score (nSPS) is 11.1. The molecule has 0 saturated heterocycles. The molecule has 0 saturated carbocycles. The van der Waals surface area contributed by atoms with E-state index in [1.807, 2.05) is 18.7 Å². The molecule has 0 spiro atoms. The molecular formula is C14H21FN2O2. The van der Waals surface area contributed by atoms with Crippen molar-refractivity contribution in [1.29, 1.82) is 0 Å². The van der Waals surface area contributed by atoms with Crippen LogP contribution in [0.25, 0.3) is 0 Å². The van der Waals surface area contributed by atoms with Crippen LogP contribution in [0.3, 0.4) is 0 Å². The largest absolute Gasteiger partial charge is 0.395 e. The smallest absolute Gasteiger partial charge is 0.238 e. The lowest BCUT2D eigenvalue weighted by molar-refractivity contribution is -0.117. The van der Waals surface area contributed by atoms with Crippen molar-refractivity contribution in [1.82, 2.24) is 4.90 Å². The minimum atomic E-state index is -0.339. The van der Waals surface area contributed by atoms with Crippen molar-refractivity contribution in [3.63, 3.8) is 0 Å².